The lowest BCUT2D eigenvalue weighted by Gasteiger charge is -2.16. The predicted molar refractivity (Wildman–Crippen MR) is 41.6 cm³/mol. The number of nitrogens with zero attached hydrogens (tertiary/aromatic N) is 1. The van der Waals surface area contributed by atoms with Gasteiger partial charge in [-0.15, -0.1) is 0 Å². The molecule has 1 N–H and O–H groups in total. The van der Waals surface area contributed by atoms with Crippen molar-refractivity contribution in [3.63, 3.8) is 0 Å². The summed E-state index contributed by atoms with van der Waals surface area (Å²) in [6.45, 7) is 9.84. The quantitative estimate of drug-likeness (QED) is 0.451. The highest BCUT2D eigenvalue weighted by Crippen LogP contribution is 2.05. The van der Waals surface area contributed by atoms with Crippen LogP contribution in [0.3, 0.4) is 0 Å². The van der Waals surface area contributed by atoms with Crippen LogP contribution in [0, 0.1) is 5.92 Å². The third-order valence-electron chi connectivity index (χ3n) is 1.79. The van der Waals surface area contributed by atoms with E-state index in [0.717, 1.165) is 0 Å². The molecule has 0 saturated heterocycles. The molecule has 54 valence electrons. The number of hydrazone groups is 1. The summed E-state index contributed by atoms with van der Waals surface area (Å²) in [7, 11) is 0. The summed E-state index contributed by atoms with van der Waals surface area (Å²) in [6.07, 6.45) is 1.18. The zero-order valence-electron chi connectivity index (χ0n) is 6.52. The molecule has 0 aromatic rings. The van der Waals surface area contributed by atoms with Crippen LogP contribution in [0.15, 0.2) is 5.10 Å². The highest BCUT2D eigenvalue weighted by atomic mass is 15.3. The molecule has 0 aromatic heterocycles. The Morgan fingerprint density at radius 2 is 2.11 bits per heavy atom. The first-order valence-corrected chi connectivity index (χ1v) is 3.43. The summed E-state index contributed by atoms with van der Waals surface area (Å²) < 4.78 is 0. The van der Waals surface area contributed by atoms with Gasteiger partial charge < -0.3 is 5.43 Å². The lowest BCUT2D eigenvalue weighted by Crippen LogP contribution is -2.27. The molecule has 0 aliphatic rings. The van der Waals surface area contributed by atoms with Crippen molar-refractivity contribution in [1.29, 1.82) is 0 Å². The second-order valence-corrected chi connectivity index (χ2v) is 2.46. The molecular formula is C7H16N2. The van der Waals surface area contributed by atoms with Gasteiger partial charge in [-0.2, -0.15) is 5.10 Å². The zero-order valence-corrected chi connectivity index (χ0v) is 6.52. The molecule has 0 fully saturated rings. The van der Waals surface area contributed by atoms with Crippen LogP contribution in [-0.4, -0.2) is 12.8 Å². The molecule has 0 heterocycles. The minimum absolute atomic E-state index is 0.451. The minimum atomic E-state index is 0.451. The summed E-state index contributed by atoms with van der Waals surface area (Å²) >= 11 is 0. The predicted octanol–water partition coefficient (Wildman–Crippen LogP) is 1.63. The third kappa shape index (κ3) is 3.12. The fourth-order valence-corrected chi connectivity index (χ4v) is 0.625. The van der Waals surface area contributed by atoms with Gasteiger partial charge in [0.2, 0.25) is 0 Å². The van der Waals surface area contributed by atoms with Crippen molar-refractivity contribution in [3.8, 4) is 0 Å². The van der Waals surface area contributed by atoms with Crippen molar-refractivity contribution in [3.05, 3.63) is 0 Å². The molecule has 0 aromatic carbocycles. The standard InChI is InChI=1S/C7H16N2/c1-5-6(2)7(3)9-8-4/h6-7,9H,4-5H2,1-3H3/t6-,7?/m0/s1. The number of hydrogen-bond acceptors (Lipinski definition) is 2. The maximum absolute atomic E-state index is 3.60. The molecule has 0 rings (SSSR count). The van der Waals surface area contributed by atoms with E-state index in [0.29, 0.717) is 12.0 Å². The Balaban J connectivity index is 3.44. The first kappa shape index (κ1) is 8.47. The Bertz CT molecular complexity index is 81.0. The van der Waals surface area contributed by atoms with E-state index in [-0.39, 0.29) is 0 Å². The molecule has 0 aliphatic carbocycles. The van der Waals surface area contributed by atoms with Gasteiger partial charge in [0, 0.05) is 12.8 Å². The van der Waals surface area contributed by atoms with Gasteiger partial charge in [-0.25, -0.2) is 0 Å². The Kier molecular flexibility index (Phi) is 4.10. The largest absolute Gasteiger partial charge is 0.308 e. The van der Waals surface area contributed by atoms with E-state index < -0.39 is 0 Å². The average molecular weight is 128 g/mol. The molecule has 9 heavy (non-hydrogen) atoms. The van der Waals surface area contributed by atoms with Crippen LogP contribution >= 0.6 is 0 Å². The molecule has 0 saturated carbocycles. The maximum Gasteiger partial charge on any atom is 0.0437 e. The maximum atomic E-state index is 3.60. The normalized spacial score (nSPS) is 16.3. The molecular weight excluding hydrogens is 112 g/mol. The summed E-state index contributed by atoms with van der Waals surface area (Å²) in [4.78, 5) is 0. The van der Waals surface area contributed by atoms with Gasteiger partial charge in [0.1, 0.15) is 0 Å². The average Bonchev–Trinajstić information content (AvgIpc) is 1.87. The van der Waals surface area contributed by atoms with Gasteiger partial charge in [0.05, 0.1) is 0 Å². The topological polar surface area (TPSA) is 24.4 Å². The van der Waals surface area contributed by atoms with Gasteiger partial charge in [0.25, 0.3) is 0 Å². The van der Waals surface area contributed by atoms with Crippen LogP contribution in [0.25, 0.3) is 0 Å². The van der Waals surface area contributed by atoms with Gasteiger partial charge >= 0.3 is 0 Å². The second kappa shape index (κ2) is 4.36. The van der Waals surface area contributed by atoms with Crippen LogP contribution in [0.1, 0.15) is 27.2 Å². The minimum Gasteiger partial charge on any atom is -0.308 e. The van der Waals surface area contributed by atoms with Crippen LogP contribution < -0.4 is 5.43 Å². The van der Waals surface area contributed by atoms with Crippen molar-refractivity contribution in [2.75, 3.05) is 0 Å². The van der Waals surface area contributed by atoms with Crippen molar-refractivity contribution in [2.45, 2.75) is 33.2 Å². The fourth-order valence-electron chi connectivity index (χ4n) is 0.625. The summed E-state index contributed by atoms with van der Waals surface area (Å²) in [5.41, 5.74) is 2.91. The Hall–Kier alpha value is -0.530. The molecule has 0 aliphatic heterocycles. The van der Waals surface area contributed by atoms with Crippen molar-refractivity contribution in [1.82, 2.24) is 5.43 Å². The Labute approximate surface area is 57.3 Å². The molecule has 1 unspecified atom stereocenters. The fraction of sp³-hybridized carbons (Fsp3) is 0.857. The third-order valence-corrected chi connectivity index (χ3v) is 1.79. The Morgan fingerprint density at radius 3 is 2.44 bits per heavy atom. The molecule has 2 nitrogen and oxygen atoms in total. The van der Waals surface area contributed by atoms with Crippen LogP contribution in [0.5, 0.6) is 0 Å². The van der Waals surface area contributed by atoms with E-state index in [1.165, 1.54) is 6.42 Å². The molecule has 2 heteroatoms. The highest BCUT2D eigenvalue weighted by molar-refractivity contribution is 5.22. The number of hydrogen-bond donors (Lipinski definition) is 1. The van der Waals surface area contributed by atoms with Crippen molar-refractivity contribution >= 4 is 6.72 Å². The first-order chi connectivity index (χ1) is 4.22. The van der Waals surface area contributed by atoms with E-state index >= 15 is 0 Å². The summed E-state index contributed by atoms with van der Waals surface area (Å²) in [5.74, 6) is 0.676. The van der Waals surface area contributed by atoms with E-state index in [9.17, 15) is 0 Å². The molecule has 2 atom stereocenters. The zero-order chi connectivity index (χ0) is 7.28. The number of nitrogens with one attached hydrogen (secondary N) is 1. The lowest BCUT2D eigenvalue weighted by atomic mass is 10.0. The second-order valence-electron chi connectivity index (χ2n) is 2.46. The molecule has 0 bridgehead atoms. The van der Waals surface area contributed by atoms with E-state index in [1.807, 2.05) is 0 Å². The van der Waals surface area contributed by atoms with Crippen LogP contribution in [0.2, 0.25) is 0 Å². The van der Waals surface area contributed by atoms with Gasteiger partial charge in [-0.05, 0) is 12.8 Å². The van der Waals surface area contributed by atoms with E-state index in [4.69, 9.17) is 0 Å². The van der Waals surface area contributed by atoms with E-state index in [2.05, 4.69) is 38.0 Å². The molecule has 0 amide bonds. The lowest BCUT2D eigenvalue weighted by molar-refractivity contribution is 0.400. The molecule has 0 radical (unpaired) electrons. The van der Waals surface area contributed by atoms with Crippen molar-refractivity contribution in [2.24, 2.45) is 11.0 Å². The van der Waals surface area contributed by atoms with E-state index in [1.54, 1.807) is 0 Å². The smallest absolute Gasteiger partial charge is 0.0437 e. The monoisotopic (exact) mass is 128 g/mol. The summed E-state index contributed by atoms with van der Waals surface area (Å²) in [6, 6.07) is 0.451. The van der Waals surface area contributed by atoms with Gasteiger partial charge in [0.15, 0.2) is 0 Å². The highest BCUT2D eigenvalue weighted by Gasteiger charge is 2.06. The van der Waals surface area contributed by atoms with Crippen LogP contribution in [0.4, 0.5) is 0 Å². The summed E-state index contributed by atoms with van der Waals surface area (Å²) in [5, 5.41) is 3.60. The van der Waals surface area contributed by atoms with Crippen LogP contribution in [-0.2, 0) is 0 Å². The van der Waals surface area contributed by atoms with Gasteiger partial charge in [-0.1, -0.05) is 20.3 Å². The molecule has 0 spiro atoms. The SMILES string of the molecule is C=NNC(C)[C@@H](C)CC. The van der Waals surface area contributed by atoms with Crippen molar-refractivity contribution < 1.29 is 0 Å². The number of rotatable bonds is 4. The van der Waals surface area contributed by atoms with Gasteiger partial charge in [-0.3, -0.25) is 0 Å². The Morgan fingerprint density at radius 1 is 1.56 bits per heavy atom. The first-order valence-electron chi connectivity index (χ1n) is 3.43.